The summed E-state index contributed by atoms with van der Waals surface area (Å²) in [6.07, 6.45) is 0.717. The molecule has 0 unspecified atom stereocenters. The van der Waals surface area contributed by atoms with Gasteiger partial charge in [0.05, 0.1) is 20.6 Å². The van der Waals surface area contributed by atoms with Gasteiger partial charge >= 0.3 is 0 Å². The SMILES string of the molecule is COc1ccc(CC(=O)NCCc2nnc(-c3cccc(C)c3)o2)cc1OC. The van der Waals surface area contributed by atoms with E-state index >= 15 is 0 Å². The van der Waals surface area contributed by atoms with E-state index in [-0.39, 0.29) is 12.3 Å². The van der Waals surface area contributed by atoms with Gasteiger partial charge in [0.2, 0.25) is 17.7 Å². The highest BCUT2D eigenvalue weighted by Gasteiger charge is 2.11. The zero-order valence-electron chi connectivity index (χ0n) is 16.2. The fourth-order valence-electron chi connectivity index (χ4n) is 2.80. The molecule has 1 N–H and O–H groups in total. The molecule has 7 heteroatoms. The van der Waals surface area contributed by atoms with E-state index in [1.807, 2.05) is 37.3 Å². The molecule has 3 rings (SSSR count). The van der Waals surface area contributed by atoms with Crippen molar-refractivity contribution in [2.45, 2.75) is 19.8 Å². The number of hydrogen-bond donors (Lipinski definition) is 1. The zero-order valence-corrected chi connectivity index (χ0v) is 16.2. The molecule has 0 saturated carbocycles. The molecule has 1 aromatic heterocycles. The minimum atomic E-state index is -0.0920. The summed E-state index contributed by atoms with van der Waals surface area (Å²) in [5.74, 6) is 2.11. The minimum Gasteiger partial charge on any atom is -0.493 e. The van der Waals surface area contributed by atoms with Crippen molar-refractivity contribution in [3.63, 3.8) is 0 Å². The molecule has 7 nitrogen and oxygen atoms in total. The van der Waals surface area contributed by atoms with Crippen molar-refractivity contribution < 1.29 is 18.7 Å². The second-order valence-corrected chi connectivity index (χ2v) is 6.34. The number of benzene rings is 2. The van der Waals surface area contributed by atoms with Crippen molar-refractivity contribution in [3.05, 3.63) is 59.5 Å². The second kappa shape index (κ2) is 9.03. The maximum absolute atomic E-state index is 12.2. The largest absolute Gasteiger partial charge is 0.493 e. The highest BCUT2D eigenvalue weighted by Crippen LogP contribution is 2.27. The van der Waals surface area contributed by atoms with Crippen LogP contribution < -0.4 is 14.8 Å². The summed E-state index contributed by atoms with van der Waals surface area (Å²) in [6, 6.07) is 13.3. The summed E-state index contributed by atoms with van der Waals surface area (Å²) in [5.41, 5.74) is 2.85. The van der Waals surface area contributed by atoms with Gasteiger partial charge in [-0.1, -0.05) is 23.8 Å². The lowest BCUT2D eigenvalue weighted by Crippen LogP contribution is -2.27. The van der Waals surface area contributed by atoms with Crippen LogP contribution in [0.5, 0.6) is 11.5 Å². The lowest BCUT2D eigenvalue weighted by molar-refractivity contribution is -0.120. The van der Waals surface area contributed by atoms with Crippen LogP contribution in [0.25, 0.3) is 11.5 Å². The molecule has 0 atom stereocenters. The van der Waals surface area contributed by atoms with Crippen LogP contribution in [0.1, 0.15) is 17.0 Å². The van der Waals surface area contributed by atoms with Crippen LogP contribution in [0.4, 0.5) is 0 Å². The van der Waals surface area contributed by atoms with Crippen molar-refractivity contribution >= 4 is 5.91 Å². The third kappa shape index (κ3) is 4.88. The van der Waals surface area contributed by atoms with Crippen LogP contribution in [-0.4, -0.2) is 36.9 Å². The fourth-order valence-corrected chi connectivity index (χ4v) is 2.80. The van der Waals surface area contributed by atoms with Gasteiger partial charge in [0.15, 0.2) is 11.5 Å². The maximum atomic E-state index is 12.2. The average molecular weight is 381 g/mol. The van der Waals surface area contributed by atoms with Gasteiger partial charge in [0.1, 0.15) is 0 Å². The smallest absolute Gasteiger partial charge is 0.247 e. The number of rotatable bonds is 8. The molecule has 0 fully saturated rings. The molecule has 0 aliphatic carbocycles. The van der Waals surface area contributed by atoms with Crippen LogP contribution in [0.15, 0.2) is 46.9 Å². The van der Waals surface area contributed by atoms with Crippen LogP contribution in [-0.2, 0) is 17.6 Å². The quantitative estimate of drug-likeness (QED) is 0.646. The van der Waals surface area contributed by atoms with Crippen LogP contribution in [0.2, 0.25) is 0 Å². The number of hydrogen-bond acceptors (Lipinski definition) is 6. The van der Waals surface area contributed by atoms with E-state index in [1.54, 1.807) is 26.4 Å². The van der Waals surface area contributed by atoms with Crippen LogP contribution in [0.3, 0.4) is 0 Å². The molecule has 0 aliphatic rings. The van der Waals surface area contributed by atoms with Gasteiger partial charge in [-0.05, 0) is 36.8 Å². The maximum Gasteiger partial charge on any atom is 0.247 e. The molecule has 146 valence electrons. The molecule has 0 aliphatic heterocycles. The Hall–Kier alpha value is -3.35. The summed E-state index contributed by atoms with van der Waals surface area (Å²) in [6.45, 7) is 2.43. The first kappa shape index (κ1) is 19.4. The summed E-state index contributed by atoms with van der Waals surface area (Å²) in [4.78, 5) is 12.2. The van der Waals surface area contributed by atoms with Gasteiger partial charge in [0.25, 0.3) is 0 Å². The molecular formula is C21H23N3O4. The van der Waals surface area contributed by atoms with E-state index in [4.69, 9.17) is 13.9 Å². The van der Waals surface area contributed by atoms with Gasteiger partial charge in [-0.3, -0.25) is 4.79 Å². The lowest BCUT2D eigenvalue weighted by atomic mass is 10.1. The lowest BCUT2D eigenvalue weighted by Gasteiger charge is -2.09. The molecule has 1 amide bonds. The second-order valence-electron chi connectivity index (χ2n) is 6.34. The Bertz CT molecular complexity index is 952. The number of nitrogens with one attached hydrogen (secondary N) is 1. The van der Waals surface area contributed by atoms with Gasteiger partial charge in [-0.25, -0.2) is 0 Å². The Balaban J connectivity index is 1.51. The Morgan fingerprint density at radius 3 is 2.64 bits per heavy atom. The average Bonchev–Trinajstić information content (AvgIpc) is 3.17. The highest BCUT2D eigenvalue weighted by molar-refractivity contribution is 5.78. The molecule has 0 radical (unpaired) electrons. The minimum absolute atomic E-state index is 0.0920. The monoisotopic (exact) mass is 381 g/mol. The van der Waals surface area contributed by atoms with Crippen molar-refractivity contribution in [2.24, 2.45) is 0 Å². The predicted octanol–water partition coefficient (Wildman–Crippen LogP) is 2.96. The van der Waals surface area contributed by atoms with E-state index in [0.29, 0.717) is 36.2 Å². The van der Waals surface area contributed by atoms with Crippen LogP contribution in [0, 0.1) is 6.92 Å². The van der Waals surface area contributed by atoms with Gasteiger partial charge in [0, 0.05) is 18.5 Å². The first-order valence-electron chi connectivity index (χ1n) is 8.96. The zero-order chi connectivity index (χ0) is 19.9. The number of amides is 1. The number of nitrogens with zero attached hydrogens (tertiary/aromatic N) is 2. The highest BCUT2D eigenvalue weighted by atomic mass is 16.5. The van der Waals surface area contributed by atoms with Crippen LogP contribution >= 0.6 is 0 Å². The van der Waals surface area contributed by atoms with Crippen molar-refractivity contribution in [1.29, 1.82) is 0 Å². The number of aryl methyl sites for hydroxylation is 1. The number of carbonyl (C=O) groups excluding carboxylic acids is 1. The van der Waals surface area contributed by atoms with Crippen molar-refractivity contribution in [2.75, 3.05) is 20.8 Å². The number of aromatic nitrogens is 2. The number of ether oxygens (including phenoxy) is 2. The molecule has 1 heterocycles. The van der Waals surface area contributed by atoms with Gasteiger partial charge in [-0.15, -0.1) is 10.2 Å². The number of methoxy groups -OCH3 is 2. The molecule has 0 saturated heterocycles. The predicted molar refractivity (Wildman–Crippen MR) is 104 cm³/mol. The summed E-state index contributed by atoms with van der Waals surface area (Å²) < 4.78 is 16.1. The molecule has 3 aromatic rings. The standard InChI is InChI=1S/C21H23N3O4/c1-14-5-4-6-16(11-14)21-24-23-20(28-21)9-10-22-19(25)13-15-7-8-17(26-2)18(12-15)27-3/h4-8,11-12H,9-10,13H2,1-3H3,(H,22,25). The summed E-state index contributed by atoms with van der Waals surface area (Å²) >= 11 is 0. The molecular weight excluding hydrogens is 358 g/mol. The van der Waals surface area contributed by atoms with Crippen molar-refractivity contribution in [3.8, 4) is 23.0 Å². The number of carbonyl (C=O) groups is 1. The summed E-state index contributed by atoms with van der Waals surface area (Å²) in [7, 11) is 3.14. The van der Waals surface area contributed by atoms with Gasteiger partial charge in [-0.2, -0.15) is 0 Å². The third-order valence-electron chi connectivity index (χ3n) is 4.21. The fraction of sp³-hybridized carbons (Fsp3) is 0.286. The Morgan fingerprint density at radius 2 is 1.89 bits per heavy atom. The van der Waals surface area contributed by atoms with E-state index < -0.39 is 0 Å². The summed E-state index contributed by atoms with van der Waals surface area (Å²) in [5, 5.41) is 11.0. The first-order valence-corrected chi connectivity index (χ1v) is 8.96. The van der Waals surface area contributed by atoms with Gasteiger partial charge < -0.3 is 19.2 Å². The first-order chi connectivity index (χ1) is 13.6. The van der Waals surface area contributed by atoms with E-state index in [0.717, 1.165) is 16.7 Å². The molecule has 2 aromatic carbocycles. The normalized spacial score (nSPS) is 10.5. The van der Waals surface area contributed by atoms with E-state index in [2.05, 4.69) is 15.5 Å². The Labute approximate surface area is 163 Å². The Morgan fingerprint density at radius 1 is 1.07 bits per heavy atom. The van der Waals surface area contributed by atoms with E-state index in [1.165, 1.54) is 0 Å². The molecule has 0 bridgehead atoms. The molecule has 0 spiro atoms. The van der Waals surface area contributed by atoms with Crippen molar-refractivity contribution in [1.82, 2.24) is 15.5 Å². The topological polar surface area (TPSA) is 86.5 Å². The third-order valence-corrected chi connectivity index (χ3v) is 4.21. The Kier molecular flexibility index (Phi) is 6.26. The van der Waals surface area contributed by atoms with E-state index in [9.17, 15) is 4.79 Å². The molecule has 28 heavy (non-hydrogen) atoms.